The van der Waals surface area contributed by atoms with Crippen LogP contribution < -0.4 is 16.3 Å². The molecule has 0 radical (unpaired) electrons. The second-order valence-electron chi connectivity index (χ2n) is 7.04. The number of hydrogen-bond acceptors (Lipinski definition) is 6. The van der Waals surface area contributed by atoms with Crippen molar-refractivity contribution in [3.63, 3.8) is 0 Å². The number of hydrazone groups is 1. The highest BCUT2D eigenvalue weighted by Gasteiger charge is 2.26. The van der Waals surface area contributed by atoms with Crippen molar-refractivity contribution in [2.24, 2.45) is 12.1 Å². The summed E-state index contributed by atoms with van der Waals surface area (Å²) < 4.78 is 9.98. The molecule has 9 heteroatoms. The van der Waals surface area contributed by atoms with Crippen molar-refractivity contribution in [1.29, 1.82) is 0 Å². The summed E-state index contributed by atoms with van der Waals surface area (Å²) in [6.07, 6.45) is 0. The van der Waals surface area contributed by atoms with Crippen LogP contribution in [0.25, 0.3) is 11.2 Å². The zero-order chi connectivity index (χ0) is 20.5. The Hall–Kier alpha value is -3.20. The normalized spacial score (nSPS) is 13.6. The zero-order valence-electron chi connectivity index (χ0n) is 16.8. The lowest BCUT2D eigenvalue weighted by molar-refractivity contribution is 0.153. The van der Waals surface area contributed by atoms with E-state index in [-0.39, 0.29) is 17.8 Å². The SMILES string of the molecule is CCOCCN1N=C(C)Cn2c1nc1c2c(=O)n(Cc2ccccc2)c(=O)n1C. The average Bonchev–Trinajstić information content (AvgIpc) is 3.10. The highest BCUT2D eigenvalue weighted by atomic mass is 16.5. The van der Waals surface area contributed by atoms with Crippen molar-refractivity contribution in [3.8, 4) is 0 Å². The largest absolute Gasteiger partial charge is 0.380 e. The summed E-state index contributed by atoms with van der Waals surface area (Å²) in [5.41, 5.74) is 1.79. The first-order valence-electron chi connectivity index (χ1n) is 9.64. The lowest BCUT2D eigenvalue weighted by Crippen LogP contribution is -2.40. The first-order valence-corrected chi connectivity index (χ1v) is 9.64. The molecule has 0 N–H and O–H groups in total. The van der Waals surface area contributed by atoms with Gasteiger partial charge in [0.15, 0.2) is 11.2 Å². The molecule has 3 heterocycles. The molecule has 0 fully saturated rings. The van der Waals surface area contributed by atoms with Crippen LogP contribution in [0.3, 0.4) is 0 Å². The van der Waals surface area contributed by atoms with Gasteiger partial charge in [-0.2, -0.15) is 10.1 Å². The number of anilines is 1. The number of hydrogen-bond donors (Lipinski definition) is 0. The van der Waals surface area contributed by atoms with Gasteiger partial charge in [0.05, 0.1) is 32.0 Å². The highest BCUT2D eigenvalue weighted by molar-refractivity contribution is 5.87. The van der Waals surface area contributed by atoms with Gasteiger partial charge in [0.2, 0.25) is 5.95 Å². The van der Waals surface area contributed by atoms with Gasteiger partial charge in [0.25, 0.3) is 5.56 Å². The lowest BCUT2D eigenvalue weighted by atomic mass is 10.2. The van der Waals surface area contributed by atoms with Crippen molar-refractivity contribution in [2.75, 3.05) is 24.8 Å². The van der Waals surface area contributed by atoms with Gasteiger partial charge >= 0.3 is 5.69 Å². The van der Waals surface area contributed by atoms with Crippen LogP contribution in [0.1, 0.15) is 19.4 Å². The first kappa shape index (κ1) is 19.1. The third-order valence-corrected chi connectivity index (χ3v) is 4.96. The predicted molar refractivity (Wildman–Crippen MR) is 112 cm³/mol. The topological polar surface area (TPSA) is 86.7 Å². The van der Waals surface area contributed by atoms with Gasteiger partial charge in [-0.05, 0) is 19.4 Å². The lowest BCUT2D eigenvalue weighted by Gasteiger charge is -2.24. The summed E-state index contributed by atoms with van der Waals surface area (Å²) in [5.74, 6) is 0.551. The maximum absolute atomic E-state index is 13.3. The van der Waals surface area contributed by atoms with E-state index in [0.29, 0.717) is 43.4 Å². The van der Waals surface area contributed by atoms with Crippen molar-refractivity contribution < 1.29 is 4.74 Å². The van der Waals surface area contributed by atoms with Crippen molar-refractivity contribution in [3.05, 3.63) is 56.7 Å². The minimum absolute atomic E-state index is 0.212. The monoisotopic (exact) mass is 396 g/mol. The standard InChI is InChI=1S/C20H24N6O3/c1-4-29-11-10-26-19-21-17-16(24(19)12-14(2)22-26)18(27)25(20(28)23(17)3)13-15-8-6-5-7-9-15/h5-9H,4,10-13H2,1-3H3. The van der Waals surface area contributed by atoms with Gasteiger partial charge in [-0.3, -0.25) is 18.5 Å². The third-order valence-electron chi connectivity index (χ3n) is 4.96. The average molecular weight is 396 g/mol. The van der Waals surface area contributed by atoms with Gasteiger partial charge in [0.1, 0.15) is 0 Å². The predicted octanol–water partition coefficient (Wildman–Crippen LogP) is 1.18. The van der Waals surface area contributed by atoms with E-state index in [1.165, 1.54) is 9.13 Å². The van der Waals surface area contributed by atoms with E-state index < -0.39 is 0 Å². The number of fused-ring (bicyclic) bond motifs is 3. The van der Waals surface area contributed by atoms with Gasteiger partial charge < -0.3 is 4.74 Å². The Bertz CT molecular complexity index is 1190. The minimum atomic E-state index is -0.389. The van der Waals surface area contributed by atoms with Gasteiger partial charge in [-0.1, -0.05) is 30.3 Å². The number of aryl methyl sites for hydroxylation is 1. The molecule has 0 amide bonds. The summed E-state index contributed by atoms with van der Waals surface area (Å²) >= 11 is 0. The molecular weight excluding hydrogens is 372 g/mol. The van der Waals surface area contributed by atoms with Crippen LogP contribution >= 0.6 is 0 Å². The molecule has 0 atom stereocenters. The third kappa shape index (κ3) is 3.38. The molecule has 1 aromatic carbocycles. The number of rotatable bonds is 6. The summed E-state index contributed by atoms with van der Waals surface area (Å²) in [7, 11) is 1.64. The van der Waals surface area contributed by atoms with E-state index in [1.807, 2.05) is 48.7 Å². The van der Waals surface area contributed by atoms with Gasteiger partial charge in [-0.15, -0.1) is 0 Å². The molecule has 4 rings (SSSR count). The van der Waals surface area contributed by atoms with Crippen molar-refractivity contribution in [1.82, 2.24) is 18.7 Å². The molecular formula is C20H24N6O3. The summed E-state index contributed by atoms with van der Waals surface area (Å²) in [6.45, 7) is 6.14. The van der Waals surface area contributed by atoms with E-state index in [0.717, 1.165) is 11.3 Å². The summed E-state index contributed by atoms with van der Waals surface area (Å²) in [5, 5.41) is 6.29. The Kier molecular flexibility index (Phi) is 5.06. The summed E-state index contributed by atoms with van der Waals surface area (Å²) in [6, 6.07) is 9.47. The quantitative estimate of drug-likeness (QED) is 0.584. The van der Waals surface area contributed by atoms with Crippen LogP contribution in [0.5, 0.6) is 0 Å². The van der Waals surface area contributed by atoms with E-state index in [4.69, 9.17) is 4.74 Å². The fourth-order valence-electron chi connectivity index (χ4n) is 3.57. The van der Waals surface area contributed by atoms with E-state index in [9.17, 15) is 9.59 Å². The zero-order valence-corrected chi connectivity index (χ0v) is 16.8. The Morgan fingerprint density at radius 1 is 1.17 bits per heavy atom. The second-order valence-corrected chi connectivity index (χ2v) is 7.04. The smallest absolute Gasteiger partial charge is 0.332 e. The van der Waals surface area contributed by atoms with E-state index in [2.05, 4.69) is 10.1 Å². The molecule has 0 saturated carbocycles. The second kappa shape index (κ2) is 7.67. The van der Waals surface area contributed by atoms with Crippen molar-refractivity contribution in [2.45, 2.75) is 26.9 Å². The van der Waals surface area contributed by atoms with Crippen LogP contribution in [0.4, 0.5) is 5.95 Å². The van der Waals surface area contributed by atoms with Crippen LogP contribution in [-0.2, 0) is 24.9 Å². The molecule has 29 heavy (non-hydrogen) atoms. The molecule has 152 valence electrons. The van der Waals surface area contributed by atoms with Gasteiger partial charge in [0, 0.05) is 13.7 Å². The minimum Gasteiger partial charge on any atom is -0.380 e. The fraction of sp³-hybridized carbons (Fsp3) is 0.400. The molecule has 2 aromatic heterocycles. The molecule has 1 aliphatic heterocycles. The molecule has 0 unspecified atom stereocenters. The fourth-order valence-corrected chi connectivity index (χ4v) is 3.57. The molecule has 0 saturated heterocycles. The maximum atomic E-state index is 13.3. The molecule has 3 aromatic rings. The molecule has 0 bridgehead atoms. The van der Waals surface area contributed by atoms with E-state index in [1.54, 1.807) is 12.1 Å². The Labute approximate surface area is 167 Å². The number of nitrogens with zero attached hydrogens (tertiary/aromatic N) is 6. The number of imidazole rings is 1. The Morgan fingerprint density at radius 3 is 2.66 bits per heavy atom. The Morgan fingerprint density at radius 2 is 1.93 bits per heavy atom. The number of ether oxygens (including phenoxy) is 1. The maximum Gasteiger partial charge on any atom is 0.332 e. The van der Waals surface area contributed by atoms with Crippen LogP contribution in [0.15, 0.2) is 45.0 Å². The van der Waals surface area contributed by atoms with Crippen LogP contribution in [-0.4, -0.2) is 44.2 Å². The van der Waals surface area contributed by atoms with Crippen LogP contribution in [0, 0.1) is 0 Å². The highest BCUT2D eigenvalue weighted by Crippen LogP contribution is 2.23. The van der Waals surface area contributed by atoms with Crippen molar-refractivity contribution >= 4 is 22.8 Å². The molecule has 0 spiro atoms. The number of benzene rings is 1. The molecule has 9 nitrogen and oxygen atoms in total. The Balaban J connectivity index is 1.86. The van der Waals surface area contributed by atoms with E-state index >= 15 is 0 Å². The summed E-state index contributed by atoms with van der Waals surface area (Å²) in [4.78, 5) is 30.8. The number of aromatic nitrogens is 4. The first-order chi connectivity index (χ1) is 14.0. The van der Waals surface area contributed by atoms with Crippen LogP contribution in [0.2, 0.25) is 0 Å². The molecule has 1 aliphatic rings. The van der Waals surface area contributed by atoms with Gasteiger partial charge in [-0.25, -0.2) is 9.80 Å². The molecule has 0 aliphatic carbocycles.